The molecule has 0 spiro atoms. The number of anilines is 2. The van der Waals surface area contributed by atoms with Crippen LogP contribution in [0.25, 0.3) is 0 Å². The standard InChI is InChI=1S/C14H12Br2N2S/c1-9-2-7-13(12(16)8-9)18-14(19)17-11-5-3-10(15)4-6-11/h2-8H,1H3,(H2,17,18,19). The minimum atomic E-state index is 0.562. The van der Waals surface area contributed by atoms with Crippen molar-refractivity contribution in [2.45, 2.75) is 6.92 Å². The molecule has 0 fully saturated rings. The van der Waals surface area contributed by atoms with Gasteiger partial charge in [0.1, 0.15) is 0 Å². The van der Waals surface area contributed by atoms with Crippen LogP contribution in [0, 0.1) is 6.92 Å². The van der Waals surface area contributed by atoms with Crippen molar-refractivity contribution in [3.63, 3.8) is 0 Å². The first kappa shape index (κ1) is 14.5. The topological polar surface area (TPSA) is 24.1 Å². The van der Waals surface area contributed by atoms with Crippen molar-refractivity contribution >= 4 is 60.6 Å². The summed E-state index contributed by atoms with van der Waals surface area (Å²) < 4.78 is 2.03. The molecule has 5 heteroatoms. The van der Waals surface area contributed by atoms with Gasteiger partial charge >= 0.3 is 0 Å². The fraction of sp³-hybridized carbons (Fsp3) is 0.0714. The van der Waals surface area contributed by atoms with Gasteiger partial charge in [-0.25, -0.2) is 0 Å². The lowest BCUT2D eigenvalue weighted by Crippen LogP contribution is -2.19. The van der Waals surface area contributed by atoms with Crippen LogP contribution in [0.2, 0.25) is 0 Å². The third-order valence-corrected chi connectivity index (χ3v) is 3.86. The Morgan fingerprint density at radius 3 is 2.32 bits per heavy atom. The predicted molar refractivity (Wildman–Crippen MR) is 92.9 cm³/mol. The number of hydrogen-bond donors (Lipinski definition) is 2. The Kier molecular flexibility index (Phi) is 4.96. The molecule has 0 amide bonds. The molecule has 0 saturated heterocycles. The van der Waals surface area contributed by atoms with Crippen LogP contribution in [0.5, 0.6) is 0 Å². The fourth-order valence-corrected chi connectivity index (χ4v) is 2.62. The molecule has 2 nitrogen and oxygen atoms in total. The first-order valence-corrected chi connectivity index (χ1v) is 7.64. The zero-order chi connectivity index (χ0) is 13.8. The Bertz CT molecular complexity index is 597. The highest BCUT2D eigenvalue weighted by Gasteiger charge is 2.03. The molecule has 98 valence electrons. The SMILES string of the molecule is Cc1ccc(NC(=S)Nc2ccc(Br)cc2)c(Br)c1. The van der Waals surface area contributed by atoms with Crippen molar-refractivity contribution in [3.05, 3.63) is 57.0 Å². The van der Waals surface area contributed by atoms with Crippen LogP contribution < -0.4 is 10.6 Å². The van der Waals surface area contributed by atoms with Crippen molar-refractivity contribution in [3.8, 4) is 0 Å². The van der Waals surface area contributed by atoms with E-state index in [1.54, 1.807) is 0 Å². The molecule has 0 bridgehead atoms. The fourth-order valence-electron chi connectivity index (χ4n) is 1.54. The molecule has 0 aromatic heterocycles. The molecule has 0 saturated carbocycles. The summed E-state index contributed by atoms with van der Waals surface area (Å²) in [6.07, 6.45) is 0. The maximum atomic E-state index is 5.29. The van der Waals surface area contributed by atoms with Gasteiger partial charge in [0, 0.05) is 14.6 Å². The minimum Gasteiger partial charge on any atom is -0.332 e. The van der Waals surface area contributed by atoms with Gasteiger partial charge in [-0.15, -0.1) is 0 Å². The molecule has 2 rings (SSSR count). The number of hydrogen-bond acceptors (Lipinski definition) is 1. The smallest absolute Gasteiger partial charge is 0.175 e. The summed E-state index contributed by atoms with van der Waals surface area (Å²) in [6, 6.07) is 13.9. The van der Waals surface area contributed by atoms with Gasteiger partial charge in [-0.2, -0.15) is 0 Å². The number of thiocarbonyl (C=S) groups is 1. The summed E-state index contributed by atoms with van der Waals surface area (Å²) >= 11 is 12.2. The molecule has 2 aromatic rings. The Labute approximate surface area is 134 Å². The van der Waals surface area contributed by atoms with Crippen LogP contribution in [0.4, 0.5) is 11.4 Å². The highest BCUT2D eigenvalue weighted by atomic mass is 79.9. The largest absolute Gasteiger partial charge is 0.332 e. The Morgan fingerprint density at radius 2 is 1.68 bits per heavy atom. The van der Waals surface area contributed by atoms with Crippen LogP contribution in [-0.2, 0) is 0 Å². The molecule has 2 aromatic carbocycles. The van der Waals surface area contributed by atoms with Crippen LogP contribution in [0.3, 0.4) is 0 Å². The number of rotatable bonds is 2. The van der Waals surface area contributed by atoms with Crippen molar-refractivity contribution in [1.82, 2.24) is 0 Å². The van der Waals surface area contributed by atoms with Crippen molar-refractivity contribution in [1.29, 1.82) is 0 Å². The maximum absolute atomic E-state index is 5.29. The van der Waals surface area contributed by atoms with Crippen LogP contribution in [0.1, 0.15) is 5.56 Å². The van der Waals surface area contributed by atoms with Gasteiger partial charge in [0.05, 0.1) is 5.69 Å². The van der Waals surface area contributed by atoms with Gasteiger partial charge in [-0.05, 0) is 77.0 Å². The monoisotopic (exact) mass is 398 g/mol. The Balaban J connectivity index is 2.03. The molecule has 0 atom stereocenters. The van der Waals surface area contributed by atoms with Gasteiger partial charge < -0.3 is 10.6 Å². The molecular formula is C14H12Br2N2S. The Hall–Kier alpha value is -0.910. The molecule has 0 heterocycles. The lowest BCUT2D eigenvalue weighted by molar-refractivity contribution is 1.44. The van der Waals surface area contributed by atoms with E-state index in [0.29, 0.717) is 5.11 Å². The molecule has 0 radical (unpaired) electrons. The van der Waals surface area contributed by atoms with Gasteiger partial charge in [-0.1, -0.05) is 22.0 Å². The van der Waals surface area contributed by atoms with Gasteiger partial charge in [0.15, 0.2) is 5.11 Å². The molecule has 19 heavy (non-hydrogen) atoms. The minimum absolute atomic E-state index is 0.562. The van der Waals surface area contributed by atoms with E-state index in [1.165, 1.54) is 5.56 Å². The number of aryl methyl sites for hydroxylation is 1. The van der Waals surface area contributed by atoms with Crippen molar-refractivity contribution < 1.29 is 0 Å². The van der Waals surface area contributed by atoms with E-state index >= 15 is 0 Å². The van der Waals surface area contributed by atoms with Crippen molar-refractivity contribution in [2.24, 2.45) is 0 Å². The summed E-state index contributed by atoms with van der Waals surface area (Å²) in [5.74, 6) is 0. The lowest BCUT2D eigenvalue weighted by Gasteiger charge is -2.12. The average Bonchev–Trinajstić information content (AvgIpc) is 2.36. The second-order valence-electron chi connectivity index (χ2n) is 4.07. The molecule has 0 aliphatic rings. The molecule has 0 aliphatic heterocycles. The van der Waals surface area contributed by atoms with E-state index in [9.17, 15) is 0 Å². The molecular weight excluding hydrogens is 388 g/mol. The number of benzene rings is 2. The molecule has 2 N–H and O–H groups in total. The zero-order valence-electron chi connectivity index (χ0n) is 10.2. The second kappa shape index (κ2) is 6.50. The van der Waals surface area contributed by atoms with Gasteiger partial charge in [0.2, 0.25) is 0 Å². The van der Waals surface area contributed by atoms with Crippen LogP contribution in [-0.4, -0.2) is 5.11 Å². The van der Waals surface area contributed by atoms with E-state index in [2.05, 4.69) is 42.5 Å². The first-order valence-electron chi connectivity index (χ1n) is 5.64. The summed E-state index contributed by atoms with van der Waals surface area (Å²) in [7, 11) is 0. The Morgan fingerprint density at radius 1 is 1.00 bits per heavy atom. The summed E-state index contributed by atoms with van der Waals surface area (Å²) in [6.45, 7) is 2.05. The zero-order valence-corrected chi connectivity index (χ0v) is 14.2. The predicted octanol–water partition coefficient (Wildman–Crippen LogP) is 5.33. The van der Waals surface area contributed by atoms with E-state index in [0.717, 1.165) is 20.3 Å². The summed E-state index contributed by atoms with van der Waals surface area (Å²) in [4.78, 5) is 0. The summed E-state index contributed by atoms with van der Waals surface area (Å²) in [5, 5.41) is 6.86. The molecule has 0 unspecified atom stereocenters. The van der Waals surface area contributed by atoms with Crippen LogP contribution in [0.15, 0.2) is 51.4 Å². The van der Waals surface area contributed by atoms with E-state index < -0.39 is 0 Å². The van der Waals surface area contributed by atoms with Gasteiger partial charge in [-0.3, -0.25) is 0 Å². The number of halogens is 2. The molecule has 0 aliphatic carbocycles. The van der Waals surface area contributed by atoms with Gasteiger partial charge in [0.25, 0.3) is 0 Å². The quantitative estimate of drug-likeness (QED) is 0.667. The maximum Gasteiger partial charge on any atom is 0.175 e. The lowest BCUT2D eigenvalue weighted by atomic mass is 10.2. The van der Waals surface area contributed by atoms with E-state index in [4.69, 9.17) is 12.2 Å². The highest BCUT2D eigenvalue weighted by molar-refractivity contribution is 9.10. The van der Waals surface area contributed by atoms with Crippen molar-refractivity contribution in [2.75, 3.05) is 10.6 Å². The normalized spacial score (nSPS) is 10.1. The third kappa shape index (κ3) is 4.30. The van der Waals surface area contributed by atoms with E-state index in [-0.39, 0.29) is 0 Å². The third-order valence-electron chi connectivity index (χ3n) is 2.47. The van der Waals surface area contributed by atoms with Crippen LogP contribution >= 0.6 is 44.1 Å². The number of nitrogens with one attached hydrogen (secondary N) is 2. The first-order chi connectivity index (χ1) is 9.04. The second-order valence-corrected chi connectivity index (χ2v) is 6.25. The average molecular weight is 400 g/mol. The highest BCUT2D eigenvalue weighted by Crippen LogP contribution is 2.23. The van der Waals surface area contributed by atoms with E-state index in [1.807, 2.05) is 49.4 Å². The summed E-state index contributed by atoms with van der Waals surface area (Å²) in [5.41, 5.74) is 3.09.